The number of rotatable bonds is 9. The fourth-order valence-electron chi connectivity index (χ4n) is 3.02. The van der Waals surface area contributed by atoms with E-state index in [1.165, 1.54) is 10.4 Å². The summed E-state index contributed by atoms with van der Waals surface area (Å²) in [4.78, 5) is 12.6. The van der Waals surface area contributed by atoms with Gasteiger partial charge in [-0.2, -0.15) is 4.31 Å². The van der Waals surface area contributed by atoms with Gasteiger partial charge in [0.15, 0.2) is 0 Å². The second-order valence-electron chi connectivity index (χ2n) is 6.31. The molecule has 1 aromatic carbocycles. The molecule has 27 heavy (non-hydrogen) atoms. The maximum atomic E-state index is 12.8. The Morgan fingerprint density at radius 2 is 2.00 bits per heavy atom. The number of anilines is 2. The number of morpholine rings is 1. The molecule has 0 bridgehead atoms. The van der Waals surface area contributed by atoms with Gasteiger partial charge in [0.25, 0.3) is 0 Å². The Morgan fingerprint density at radius 3 is 2.59 bits per heavy atom. The molecule has 1 aromatic rings. The lowest BCUT2D eigenvalue weighted by Gasteiger charge is -2.24. The molecule has 152 valence electrons. The van der Waals surface area contributed by atoms with Crippen molar-refractivity contribution < 1.29 is 17.9 Å². The molecule has 1 atom stereocenters. The van der Waals surface area contributed by atoms with Crippen LogP contribution in [0.5, 0.6) is 0 Å². The van der Waals surface area contributed by atoms with Crippen molar-refractivity contribution in [3.05, 3.63) is 18.2 Å². The normalized spacial score (nSPS) is 17.7. The van der Waals surface area contributed by atoms with Crippen molar-refractivity contribution in [3.63, 3.8) is 0 Å². The highest BCUT2D eigenvalue weighted by Gasteiger charge is 2.23. The highest BCUT2D eigenvalue weighted by Crippen LogP contribution is 2.27. The lowest BCUT2D eigenvalue weighted by molar-refractivity contribution is -0.117. The number of sulfonamides is 1. The van der Waals surface area contributed by atoms with Crippen molar-refractivity contribution in [1.82, 2.24) is 9.62 Å². The molecule has 1 aliphatic heterocycles. The Bertz CT molecular complexity index is 729. The van der Waals surface area contributed by atoms with Gasteiger partial charge in [0, 0.05) is 38.6 Å². The summed E-state index contributed by atoms with van der Waals surface area (Å²) in [7, 11) is -3.60. The van der Waals surface area contributed by atoms with Crippen molar-refractivity contribution in [1.29, 1.82) is 0 Å². The van der Waals surface area contributed by atoms with E-state index in [1.807, 2.05) is 6.92 Å². The standard InChI is InChI=1S/C18H30N4O4S/c1-4-19-16-8-7-15(27(24,25)22(5-2)6-3)12-17(16)21-18(23)11-14-13-26-10-9-20-14/h7-8,12,14,19-20H,4-6,9-11,13H2,1-3H3,(H,21,23). The maximum absolute atomic E-state index is 12.8. The summed E-state index contributed by atoms with van der Waals surface area (Å²) in [6.45, 7) is 8.84. The van der Waals surface area contributed by atoms with Gasteiger partial charge in [-0.3, -0.25) is 4.79 Å². The van der Waals surface area contributed by atoms with Gasteiger partial charge in [0.05, 0.1) is 29.5 Å². The Hall–Kier alpha value is -1.68. The average Bonchev–Trinajstić information content (AvgIpc) is 2.64. The van der Waals surface area contributed by atoms with E-state index in [0.29, 0.717) is 44.2 Å². The predicted octanol–water partition coefficient (Wildman–Crippen LogP) is 1.47. The van der Waals surface area contributed by atoms with Gasteiger partial charge in [0.1, 0.15) is 0 Å². The number of hydrogen-bond donors (Lipinski definition) is 3. The molecule has 1 saturated heterocycles. The third-order valence-corrected chi connectivity index (χ3v) is 6.45. The minimum atomic E-state index is -3.60. The van der Waals surface area contributed by atoms with Gasteiger partial charge in [-0.1, -0.05) is 13.8 Å². The summed E-state index contributed by atoms with van der Waals surface area (Å²) in [6.07, 6.45) is 0.262. The van der Waals surface area contributed by atoms with Crippen LogP contribution in [0.1, 0.15) is 27.2 Å². The van der Waals surface area contributed by atoms with Crippen LogP contribution in [-0.2, 0) is 19.6 Å². The Kier molecular flexibility index (Phi) is 8.03. The van der Waals surface area contributed by atoms with Crippen LogP contribution >= 0.6 is 0 Å². The van der Waals surface area contributed by atoms with E-state index in [0.717, 1.165) is 6.54 Å². The highest BCUT2D eigenvalue weighted by molar-refractivity contribution is 7.89. The van der Waals surface area contributed by atoms with Crippen LogP contribution in [0.15, 0.2) is 23.1 Å². The lowest BCUT2D eigenvalue weighted by Crippen LogP contribution is -2.43. The fraction of sp³-hybridized carbons (Fsp3) is 0.611. The molecule has 0 aromatic heterocycles. The van der Waals surface area contributed by atoms with Crippen LogP contribution in [-0.4, -0.2) is 64.1 Å². The second kappa shape index (κ2) is 10.0. The minimum Gasteiger partial charge on any atom is -0.384 e. The second-order valence-corrected chi connectivity index (χ2v) is 8.24. The number of benzene rings is 1. The molecule has 2 rings (SSSR count). The summed E-state index contributed by atoms with van der Waals surface area (Å²) in [6, 6.07) is 4.74. The largest absolute Gasteiger partial charge is 0.384 e. The summed E-state index contributed by atoms with van der Waals surface area (Å²) in [5, 5.41) is 9.24. The topological polar surface area (TPSA) is 99.8 Å². The van der Waals surface area contributed by atoms with E-state index >= 15 is 0 Å². The molecule has 1 heterocycles. The number of ether oxygens (including phenoxy) is 1. The molecule has 0 spiro atoms. The number of carbonyl (C=O) groups excluding carboxylic acids is 1. The number of hydrogen-bond acceptors (Lipinski definition) is 6. The van der Waals surface area contributed by atoms with E-state index in [9.17, 15) is 13.2 Å². The molecule has 0 aliphatic carbocycles. The molecule has 1 fully saturated rings. The quantitative estimate of drug-likeness (QED) is 0.582. The van der Waals surface area contributed by atoms with Crippen LogP contribution in [0.4, 0.5) is 11.4 Å². The van der Waals surface area contributed by atoms with E-state index in [4.69, 9.17) is 4.74 Å². The Balaban J connectivity index is 2.23. The average molecular weight is 399 g/mol. The smallest absolute Gasteiger partial charge is 0.243 e. The molecular weight excluding hydrogens is 368 g/mol. The fourth-order valence-corrected chi connectivity index (χ4v) is 4.51. The van der Waals surface area contributed by atoms with Crippen molar-refractivity contribution in [2.45, 2.75) is 38.1 Å². The first-order valence-corrected chi connectivity index (χ1v) is 10.8. The minimum absolute atomic E-state index is 0.0380. The van der Waals surface area contributed by atoms with E-state index in [-0.39, 0.29) is 23.3 Å². The monoisotopic (exact) mass is 398 g/mol. The lowest BCUT2D eigenvalue weighted by atomic mass is 10.2. The van der Waals surface area contributed by atoms with Crippen molar-refractivity contribution in [3.8, 4) is 0 Å². The van der Waals surface area contributed by atoms with Crippen LogP contribution in [0, 0.1) is 0 Å². The summed E-state index contributed by atoms with van der Waals surface area (Å²) < 4.78 is 32.3. The third kappa shape index (κ3) is 5.65. The SMILES string of the molecule is CCNc1ccc(S(=O)(=O)N(CC)CC)cc1NC(=O)CC1COCCN1. The van der Waals surface area contributed by atoms with Gasteiger partial charge in [-0.05, 0) is 25.1 Å². The van der Waals surface area contributed by atoms with Crippen LogP contribution in [0.3, 0.4) is 0 Å². The van der Waals surface area contributed by atoms with Gasteiger partial charge in [-0.25, -0.2) is 8.42 Å². The Labute approximate surface area is 161 Å². The summed E-state index contributed by atoms with van der Waals surface area (Å²) in [5.41, 5.74) is 1.16. The van der Waals surface area contributed by atoms with Crippen LogP contribution in [0.2, 0.25) is 0 Å². The van der Waals surface area contributed by atoms with Crippen molar-refractivity contribution in [2.75, 3.05) is 50.0 Å². The molecule has 1 unspecified atom stereocenters. The first-order chi connectivity index (χ1) is 12.9. The molecular formula is C18H30N4O4S. The molecule has 9 heteroatoms. The third-order valence-electron chi connectivity index (χ3n) is 4.41. The number of carbonyl (C=O) groups is 1. The molecule has 0 radical (unpaired) electrons. The predicted molar refractivity (Wildman–Crippen MR) is 107 cm³/mol. The first-order valence-electron chi connectivity index (χ1n) is 9.41. The van der Waals surface area contributed by atoms with E-state index in [1.54, 1.807) is 26.0 Å². The van der Waals surface area contributed by atoms with Crippen molar-refractivity contribution >= 4 is 27.3 Å². The molecule has 1 amide bonds. The number of amides is 1. The zero-order valence-corrected chi connectivity index (χ0v) is 17.1. The molecule has 8 nitrogen and oxygen atoms in total. The summed E-state index contributed by atoms with van der Waals surface area (Å²) >= 11 is 0. The Morgan fingerprint density at radius 1 is 1.26 bits per heavy atom. The molecule has 0 saturated carbocycles. The van der Waals surface area contributed by atoms with E-state index in [2.05, 4.69) is 16.0 Å². The van der Waals surface area contributed by atoms with Gasteiger partial charge in [0.2, 0.25) is 15.9 Å². The number of nitrogens with zero attached hydrogens (tertiary/aromatic N) is 1. The molecule has 1 aliphatic rings. The number of nitrogens with one attached hydrogen (secondary N) is 3. The van der Waals surface area contributed by atoms with Crippen molar-refractivity contribution in [2.24, 2.45) is 0 Å². The highest BCUT2D eigenvalue weighted by atomic mass is 32.2. The zero-order valence-electron chi connectivity index (χ0n) is 16.2. The zero-order chi connectivity index (χ0) is 19.9. The van der Waals surface area contributed by atoms with Crippen LogP contribution in [0.25, 0.3) is 0 Å². The first kappa shape index (κ1) is 21.6. The van der Waals surface area contributed by atoms with Gasteiger partial charge >= 0.3 is 0 Å². The summed E-state index contributed by atoms with van der Waals surface area (Å²) in [5.74, 6) is -0.186. The van der Waals surface area contributed by atoms with Gasteiger partial charge in [-0.15, -0.1) is 0 Å². The van der Waals surface area contributed by atoms with Gasteiger partial charge < -0.3 is 20.7 Å². The maximum Gasteiger partial charge on any atom is 0.243 e. The molecule has 3 N–H and O–H groups in total. The van der Waals surface area contributed by atoms with Crippen LogP contribution < -0.4 is 16.0 Å². The van der Waals surface area contributed by atoms with E-state index < -0.39 is 10.0 Å².